The molecule has 5 unspecified atom stereocenters. The van der Waals surface area contributed by atoms with E-state index in [1.165, 1.54) is 0 Å². The molecule has 0 saturated carbocycles. The van der Waals surface area contributed by atoms with Crippen molar-refractivity contribution in [2.24, 2.45) is 23.7 Å². The van der Waals surface area contributed by atoms with Crippen molar-refractivity contribution in [2.45, 2.75) is 97.4 Å². The Morgan fingerprint density at radius 1 is 0.703 bits per heavy atom. The summed E-state index contributed by atoms with van der Waals surface area (Å²) in [6.45, 7) is 6.61. The maximum atomic E-state index is 13.9. The van der Waals surface area contributed by atoms with Gasteiger partial charge in [0.15, 0.2) is 11.6 Å². The summed E-state index contributed by atoms with van der Waals surface area (Å²) >= 11 is 0. The van der Waals surface area contributed by atoms with E-state index in [1.54, 1.807) is 24.9 Å². The van der Waals surface area contributed by atoms with Crippen molar-refractivity contribution in [3.63, 3.8) is 0 Å². The molecule has 4 amide bonds. The van der Waals surface area contributed by atoms with E-state index in [-0.39, 0.29) is 113 Å². The van der Waals surface area contributed by atoms with E-state index < -0.39 is 118 Å². The van der Waals surface area contributed by atoms with Gasteiger partial charge in [0.2, 0.25) is 11.8 Å². The summed E-state index contributed by atoms with van der Waals surface area (Å²) in [6, 6.07) is 10.2. The molecule has 1 aromatic carbocycles. The molecule has 0 aromatic heterocycles. The van der Waals surface area contributed by atoms with Crippen molar-refractivity contribution < 1.29 is 67.3 Å². The van der Waals surface area contributed by atoms with Gasteiger partial charge in [-0.2, -0.15) is 0 Å². The van der Waals surface area contributed by atoms with Crippen LogP contribution in [0.25, 0.3) is 0 Å². The normalized spacial score (nSPS) is 13.1. The Bertz CT molecular complexity index is 2190. The van der Waals surface area contributed by atoms with E-state index in [9.17, 15) is 57.8 Å². The van der Waals surface area contributed by atoms with Gasteiger partial charge >= 0.3 is 195 Å². The molecule has 5 atom stereocenters. The maximum absolute atomic E-state index is 13.9. The van der Waals surface area contributed by atoms with Crippen LogP contribution in [0.3, 0.4) is 0 Å². The standard InChI is InChI=1S/C46H67B8N4O14PS/c1-5-71-17-18-72-27-44(67)56-25-38(62)22-33(20-31-9-7-6-8-10-31)40(63)23-34(19-30(2)3)45(68)57-26-37(61)21-32(46(69)70)11-15-42(65)55-24-35(59)13-16-43(66)58-39(14-12-36(60)28-73(4)51)41(64)29-74(52-47,53-48)54(49)50/h6-10,30,32-34,39H,5,11-29H2,1-4H3,(H,55,65)(H,56,67)(H,57,68)(H,58,66)(H,69,70). The summed E-state index contributed by atoms with van der Waals surface area (Å²) in [6.07, 6.45) is -1.95. The molecule has 1 rings (SSSR count). The third-order valence-electron chi connectivity index (χ3n) is 11.5. The van der Waals surface area contributed by atoms with Gasteiger partial charge in [-0.1, -0.05) is 44.2 Å². The number of aliphatic carboxylic acids is 1. The topological polar surface area (TPSA) is 275 Å². The van der Waals surface area contributed by atoms with Crippen LogP contribution >= 0.6 is 16.5 Å². The minimum atomic E-state index is -2.45. The summed E-state index contributed by atoms with van der Waals surface area (Å²) in [5, 5.41) is 19.8. The van der Waals surface area contributed by atoms with Gasteiger partial charge in [-0.25, -0.2) is 0 Å². The Morgan fingerprint density at radius 2 is 1.30 bits per heavy atom. The van der Waals surface area contributed by atoms with Crippen LogP contribution in [0.15, 0.2) is 30.3 Å². The van der Waals surface area contributed by atoms with Gasteiger partial charge in [-0.15, -0.1) is 0 Å². The molecular weight excluding hydrogens is 982 g/mol. The van der Waals surface area contributed by atoms with Crippen LogP contribution in [-0.4, -0.2) is 196 Å². The molecule has 10 radical (unpaired) electrons. The Morgan fingerprint density at radius 3 is 1.88 bits per heavy atom. The number of amides is 4. The molecule has 0 fully saturated rings. The van der Waals surface area contributed by atoms with Gasteiger partial charge in [-0.3, -0.25) is 33.6 Å². The second kappa shape index (κ2) is 37.5. The molecule has 0 spiro atoms. The fourth-order valence-electron chi connectivity index (χ4n) is 7.41. The van der Waals surface area contributed by atoms with Crippen LogP contribution in [0.1, 0.15) is 90.5 Å². The number of hydrogen-bond donors (Lipinski definition) is 5. The second-order valence-corrected chi connectivity index (χ2v) is 23.4. The van der Waals surface area contributed by atoms with Gasteiger partial charge in [0.05, 0.1) is 32.2 Å². The Hall–Kier alpha value is -4.19. The average Bonchev–Trinajstić information content (AvgIpc) is 3.34. The molecule has 0 aliphatic rings. The fraction of sp³-hybridized carbons (Fsp3) is 0.630. The molecule has 0 aliphatic carbocycles. The number of hydrogen-bond acceptors (Lipinski definition) is 13. The van der Waals surface area contributed by atoms with E-state index in [0.717, 1.165) is 17.7 Å². The van der Waals surface area contributed by atoms with E-state index >= 15 is 0 Å². The van der Waals surface area contributed by atoms with Crippen LogP contribution in [0.5, 0.6) is 0 Å². The van der Waals surface area contributed by atoms with Crippen LogP contribution in [0.2, 0.25) is 0 Å². The zero-order valence-corrected chi connectivity index (χ0v) is 44.9. The number of carboxylic acids is 1. The van der Waals surface area contributed by atoms with Crippen LogP contribution in [0.4, 0.5) is 0 Å². The van der Waals surface area contributed by atoms with E-state index in [4.69, 9.17) is 48.0 Å². The molecule has 74 heavy (non-hydrogen) atoms. The van der Waals surface area contributed by atoms with Crippen LogP contribution in [0, 0.1) is 23.7 Å². The van der Waals surface area contributed by atoms with Crippen molar-refractivity contribution in [1.29, 1.82) is 0 Å². The van der Waals surface area contributed by atoms with Crippen molar-refractivity contribution in [3.05, 3.63) is 35.9 Å². The predicted octanol–water partition coefficient (Wildman–Crippen LogP) is -0.252. The number of carboxylic acid groups (broad SMARTS) is 1. The minimum absolute atomic E-state index is 0.0521. The SMILES string of the molecule is [B]B=S(=B[B])(CC(=O)C(CCC(=O)CP([B])C)NC(=O)CCC(=O)CNC(=O)CCC(CC(=O)CNC(=O)C(CC(=O)C(CC(=O)CNC(=O)COCCOCC)Cc1ccccc1)CC(C)C)C(=O)O)B([B])[B]. The summed E-state index contributed by atoms with van der Waals surface area (Å²) in [7, 11) is 25.5. The number of benzene rings is 1. The number of Topliss-reactive ketones (excluding diaryl/α,β-unsaturated/α-hetero) is 6. The molecule has 0 aliphatic heterocycles. The van der Waals surface area contributed by atoms with E-state index in [1.807, 2.05) is 32.9 Å². The van der Waals surface area contributed by atoms with E-state index in [2.05, 4.69) is 21.3 Å². The van der Waals surface area contributed by atoms with Crippen LogP contribution in [-0.2, 0) is 68.6 Å². The summed E-state index contributed by atoms with van der Waals surface area (Å²) < 4.78 is 10.4. The fourth-order valence-corrected chi connectivity index (χ4v) is 9.66. The number of carbonyl (C=O) groups excluding carboxylic acids is 10. The molecule has 5 N–H and O–H groups in total. The number of rotatable bonds is 41. The first-order valence-electron chi connectivity index (χ1n) is 24.5. The first kappa shape index (κ1) is 67.8. The van der Waals surface area contributed by atoms with Gasteiger partial charge < -0.3 is 25.2 Å². The average molecular weight is 1050 g/mol. The number of nitrogens with one attached hydrogen (secondary N) is 4. The third-order valence-corrected chi connectivity index (χ3v) is 15.2. The van der Waals surface area contributed by atoms with Crippen LogP contribution < -0.4 is 21.3 Å². The predicted molar refractivity (Wildman–Crippen MR) is 294 cm³/mol. The third kappa shape index (κ3) is 29.2. The first-order chi connectivity index (χ1) is 34.9. The summed E-state index contributed by atoms with van der Waals surface area (Å²) in [5.74, 6) is -11.1. The summed E-state index contributed by atoms with van der Waals surface area (Å²) in [5.41, 5.74) is 0.785. The molecule has 28 heteroatoms. The molecule has 1 aromatic rings. The summed E-state index contributed by atoms with van der Waals surface area (Å²) in [4.78, 5) is 142. The van der Waals surface area contributed by atoms with Gasteiger partial charge in [0, 0.05) is 44.1 Å². The van der Waals surface area contributed by atoms with Crippen molar-refractivity contribution in [3.8, 4) is 0 Å². The molecule has 18 nitrogen and oxygen atoms in total. The Balaban J connectivity index is 2.81. The molecule has 390 valence electrons. The Labute approximate surface area is 445 Å². The number of ether oxygens (including phenoxy) is 2. The Kier molecular flexibility index (Phi) is 34.4. The number of ketones is 6. The van der Waals surface area contributed by atoms with Crippen molar-refractivity contribution in [1.82, 2.24) is 21.3 Å². The first-order valence-corrected chi connectivity index (χ1v) is 28.5. The van der Waals surface area contributed by atoms with E-state index in [0.29, 0.717) is 13.2 Å². The monoisotopic (exact) mass is 1050 g/mol. The van der Waals surface area contributed by atoms with Crippen molar-refractivity contribution >= 4 is 137 Å². The van der Waals surface area contributed by atoms with Crippen molar-refractivity contribution in [2.75, 3.05) is 64.6 Å². The van der Waals surface area contributed by atoms with Gasteiger partial charge in [-0.05, 0) is 37.7 Å². The molecule has 0 saturated heterocycles. The second-order valence-electron chi connectivity index (χ2n) is 18.4. The zero-order chi connectivity index (χ0) is 55.8. The quantitative estimate of drug-likeness (QED) is 0.0322. The van der Waals surface area contributed by atoms with Gasteiger partial charge in [0.1, 0.15) is 12.4 Å². The molecular formula is C46H67B8N4O14PS. The molecule has 0 bridgehead atoms. The number of carbonyl (C=O) groups is 11. The zero-order valence-electron chi connectivity index (χ0n) is 43.1. The molecule has 0 heterocycles. The van der Waals surface area contributed by atoms with Gasteiger partial charge in [0.25, 0.3) is 0 Å².